The highest BCUT2D eigenvalue weighted by molar-refractivity contribution is 6.29. The van der Waals surface area contributed by atoms with E-state index in [1.165, 1.54) is 14.2 Å². The van der Waals surface area contributed by atoms with Gasteiger partial charge in [-0.25, -0.2) is 4.79 Å². The fourth-order valence-corrected chi connectivity index (χ4v) is 2.27. The third-order valence-electron chi connectivity index (χ3n) is 3.00. The number of benzene rings is 1. The number of hydrogen-bond donors (Lipinski definition) is 0. The molecule has 0 aliphatic carbocycles. The Kier molecular flexibility index (Phi) is 4.29. The van der Waals surface area contributed by atoms with Gasteiger partial charge in [-0.15, -0.1) is 11.6 Å². The van der Waals surface area contributed by atoms with Gasteiger partial charge in [0.25, 0.3) is 0 Å². The molecule has 0 N–H and O–H groups in total. The summed E-state index contributed by atoms with van der Waals surface area (Å²) in [4.78, 5) is 23.3. The molecule has 2 rings (SSSR count). The van der Waals surface area contributed by atoms with Crippen molar-refractivity contribution in [2.45, 2.75) is 11.9 Å². The van der Waals surface area contributed by atoms with Crippen LogP contribution in [0.25, 0.3) is 10.9 Å². The largest absolute Gasteiger partial charge is 0.468 e. The van der Waals surface area contributed by atoms with Gasteiger partial charge in [0.1, 0.15) is 11.1 Å². The normalized spacial score (nSPS) is 12.2. The summed E-state index contributed by atoms with van der Waals surface area (Å²) in [6.45, 7) is 0.131. The molecule has 1 aromatic carbocycles. The van der Waals surface area contributed by atoms with Crippen LogP contribution in [0.4, 0.5) is 0 Å². The van der Waals surface area contributed by atoms with Crippen LogP contribution in [0.5, 0.6) is 0 Å². The van der Waals surface area contributed by atoms with Crippen LogP contribution in [0, 0.1) is 0 Å². The molecule has 5 nitrogen and oxygen atoms in total. The van der Waals surface area contributed by atoms with Crippen LogP contribution in [0.3, 0.4) is 0 Å². The number of hydrogen-bond acceptors (Lipinski definition) is 4. The summed E-state index contributed by atoms with van der Waals surface area (Å²) in [5.74, 6) is -1.02. The molecule has 0 radical (unpaired) electrons. The van der Waals surface area contributed by atoms with Crippen molar-refractivity contribution in [3.63, 3.8) is 0 Å². The Hall–Kier alpha value is -2.01. The van der Waals surface area contributed by atoms with E-state index in [2.05, 4.69) is 4.74 Å². The van der Waals surface area contributed by atoms with Gasteiger partial charge in [0.05, 0.1) is 20.8 Å². The summed E-state index contributed by atoms with van der Waals surface area (Å²) in [6.07, 6.45) is 0. The molecule has 0 aliphatic heterocycles. The van der Waals surface area contributed by atoms with E-state index < -0.39 is 17.3 Å². The molecule has 0 amide bonds. The maximum absolute atomic E-state index is 11.8. The van der Waals surface area contributed by atoms with Crippen molar-refractivity contribution in [1.82, 2.24) is 4.57 Å². The Morgan fingerprint density at radius 1 is 1.25 bits per heavy atom. The number of nitrogens with zero attached hydrogens (tertiary/aromatic N) is 1. The predicted molar refractivity (Wildman–Crippen MR) is 74.9 cm³/mol. The SMILES string of the molecule is COC(=O)c1cc2ccccc2n1CC(Cl)C(=O)OC. The first kappa shape index (κ1) is 14.4. The molecule has 0 aliphatic rings. The van der Waals surface area contributed by atoms with Gasteiger partial charge in [0, 0.05) is 10.9 Å². The van der Waals surface area contributed by atoms with Crippen molar-refractivity contribution in [1.29, 1.82) is 0 Å². The van der Waals surface area contributed by atoms with Gasteiger partial charge in [-0.05, 0) is 12.1 Å². The summed E-state index contributed by atoms with van der Waals surface area (Å²) in [5, 5.41) is 0.000782. The van der Waals surface area contributed by atoms with Crippen LogP contribution in [-0.2, 0) is 20.8 Å². The van der Waals surface area contributed by atoms with Gasteiger partial charge >= 0.3 is 11.9 Å². The van der Waals surface area contributed by atoms with E-state index >= 15 is 0 Å². The second-order valence-corrected chi connectivity index (χ2v) is 4.71. The Bertz CT molecular complexity index is 650. The maximum atomic E-state index is 11.8. The molecule has 0 saturated heterocycles. The van der Waals surface area contributed by atoms with Crippen molar-refractivity contribution in [2.75, 3.05) is 14.2 Å². The molecule has 1 aromatic heterocycles. The molecular formula is C14H14ClNO4. The third kappa shape index (κ3) is 2.63. The number of methoxy groups -OCH3 is 2. The highest BCUT2D eigenvalue weighted by Gasteiger charge is 2.22. The third-order valence-corrected chi connectivity index (χ3v) is 3.32. The summed E-state index contributed by atoms with van der Waals surface area (Å²) >= 11 is 6.00. The fraction of sp³-hybridized carbons (Fsp3) is 0.286. The van der Waals surface area contributed by atoms with Crippen molar-refractivity contribution in [2.24, 2.45) is 0 Å². The topological polar surface area (TPSA) is 57.5 Å². The minimum Gasteiger partial charge on any atom is -0.468 e. The Balaban J connectivity index is 2.48. The van der Waals surface area contributed by atoms with Crippen LogP contribution >= 0.6 is 11.6 Å². The Morgan fingerprint density at radius 2 is 1.95 bits per heavy atom. The van der Waals surface area contributed by atoms with Crippen molar-refractivity contribution < 1.29 is 19.1 Å². The average molecular weight is 296 g/mol. The molecule has 6 heteroatoms. The summed E-state index contributed by atoms with van der Waals surface area (Å²) < 4.78 is 11.0. The lowest BCUT2D eigenvalue weighted by Gasteiger charge is -2.12. The Morgan fingerprint density at radius 3 is 2.60 bits per heavy atom. The van der Waals surface area contributed by atoms with Crippen molar-refractivity contribution in [3.8, 4) is 0 Å². The number of carbonyl (C=O) groups excluding carboxylic acids is 2. The van der Waals surface area contributed by atoms with E-state index in [1.807, 2.05) is 24.3 Å². The number of fused-ring (bicyclic) bond motifs is 1. The standard InChI is InChI=1S/C14H14ClNO4/c1-19-13(17)10(15)8-16-11-6-4-3-5-9(11)7-12(16)14(18)20-2/h3-7,10H,8H2,1-2H3. The van der Waals surface area contributed by atoms with Crippen LogP contribution in [-0.4, -0.2) is 36.1 Å². The summed E-state index contributed by atoms with van der Waals surface area (Å²) in [5.41, 5.74) is 1.16. The number of aromatic nitrogens is 1. The quantitative estimate of drug-likeness (QED) is 0.641. The molecule has 1 unspecified atom stereocenters. The number of rotatable bonds is 4. The fourth-order valence-electron chi connectivity index (χ4n) is 2.04. The highest BCUT2D eigenvalue weighted by atomic mass is 35.5. The smallest absolute Gasteiger partial charge is 0.354 e. The van der Waals surface area contributed by atoms with Crippen molar-refractivity contribution >= 4 is 34.4 Å². The molecule has 106 valence electrons. The van der Waals surface area contributed by atoms with E-state index in [0.717, 1.165) is 10.9 Å². The van der Waals surface area contributed by atoms with E-state index in [1.54, 1.807) is 10.6 Å². The summed E-state index contributed by atoms with van der Waals surface area (Å²) in [6, 6.07) is 9.15. The van der Waals surface area contributed by atoms with Crippen LogP contribution in [0.1, 0.15) is 10.5 Å². The van der Waals surface area contributed by atoms with E-state index in [9.17, 15) is 9.59 Å². The van der Waals surface area contributed by atoms with Crippen LogP contribution < -0.4 is 0 Å². The molecule has 1 atom stereocenters. The lowest BCUT2D eigenvalue weighted by atomic mass is 10.2. The van der Waals surface area contributed by atoms with E-state index in [4.69, 9.17) is 16.3 Å². The average Bonchev–Trinajstić information content (AvgIpc) is 2.84. The number of para-hydroxylation sites is 1. The van der Waals surface area contributed by atoms with Gasteiger partial charge < -0.3 is 14.0 Å². The Labute approximate surface area is 121 Å². The first-order valence-corrected chi connectivity index (χ1v) is 6.40. The molecule has 0 bridgehead atoms. The molecule has 20 heavy (non-hydrogen) atoms. The van der Waals surface area contributed by atoms with Crippen LogP contribution in [0.15, 0.2) is 30.3 Å². The number of ether oxygens (including phenoxy) is 2. The van der Waals surface area contributed by atoms with Gasteiger partial charge in [-0.3, -0.25) is 4.79 Å². The molecular weight excluding hydrogens is 282 g/mol. The lowest BCUT2D eigenvalue weighted by Crippen LogP contribution is -2.24. The zero-order chi connectivity index (χ0) is 14.7. The number of alkyl halides is 1. The molecule has 2 aromatic rings. The maximum Gasteiger partial charge on any atom is 0.354 e. The van der Waals surface area contributed by atoms with E-state index in [0.29, 0.717) is 5.69 Å². The first-order valence-electron chi connectivity index (χ1n) is 5.97. The number of halogens is 1. The number of esters is 2. The van der Waals surface area contributed by atoms with Gasteiger partial charge in [0.2, 0.25) is 0 Å². The predicted octanol–water partition coefficient (Wildman–Crippen LogP) is 2.21. The van der Waals surface area contributed by atoms with Gasteiger partial charge in [-0.2, -0.15) is 0 Å². The zero-order valence-electron chi connectivity index (χ0n) is 11.1. The minimum atomic E-state index is -0.876. The second kappa shape index (κ2) is 5.96. The van der Waals surface area contributed by atoms with E-state index in [-0.39, 0.29) is 6.54 Å². The molecule has 0 saturated carbocycles. The number of carbonyl (C=O) groups is 2. The molecule has 0 fully saturated rings. The first-order chi connectivity index (χ1) is 9.58. The highest BCUT2D eigenvalue weighted by Crippen LogP contribution is 2.22. The van der Waals surface area contributed by atoms with Crippen molar-refractivity contribution in [3.05, 3.63) is 36.0 Å². The lowest BCUT2D eigenvalue weighted by molar-refractivity contribution is -0.140. The van der Waals surface area contributed by atoms with Crippen LogP contribution in [0.2, 0.25) is 0 Å². The second-order valence-electron chi connectivity index (χ2n) is 4.18. The molecule has 1 heterocycles. The minimum absolute atomic E-state index is 0.131. The van der Waals surface area contributed by atoms with Gasteiger partial charge in [-0.1, -0.05) is 18.2 Å². The molecule has 0 spiro atoms. The van der Waals surface area contributed by atoms with Gasteiger partial charge in [0.15, 0.2) is 0 Å². The zero-order valence-corrected chi connectivity index (χ0v) is 11.9. The monoisotopic (exact) mass is 295 g/mol. The summed E-state index contributed by atoms with van der Waals surface area (Å²) in [7, 11) is 2.58.